The Morgan fingerprint density at radius 1 is 1.17 bits per heavy atom. The molecule has 9 nitrogen and oxygen atoms in total. The largest absolute Gasteiger partial charge is 0.496 e. The molecule has 0 saturated carbocycles. The minimum atomic E-state index is -0.435. The molecule has 1 aliphatic rings. The van der Waals surface area contributed by atoms with Crippen LogP contribution in [-0.2, 0) is 20.1 Å². The Kier molecular flexibility index (Phi) is 6.29. The maximum absolute atomic E-state index is 13.9. The van der Waals surface area contributed by atoms with E-state index in [9.17, 15) is 9.59 Å². The highest BCUT2D eigenvalue weighted by Crippen LogP contribution is 2.29. The summed E-state index contributed by atoms with van der Waals surface area (Å²) in [6, 6.07) is 11.7. The lowest BCUT2D eigenvalue weighted by Gasteiger charge is -2.31. The second kappa shape index (κ2) is 9.55. The fraction of sp³-hybridized carbons (Fsp3) is 0.370. The third kappa shape index (κ3) is 3.93. The molecule has 0 aliphatic carbocycles. The van der Waals surface area contributed by atoms with Gasteiger partial charge in [0.05, 0.1) is 20.2 Å². The molecule has 2 aromatic heterocycles. The number of fused-ring (bicyclic) bond motifs is 2. The first-order valence-corrected chi connectivity index (χ1v) is 12.1. The van der Waals surface area contributed by atoms with Crippen LogP contribution >= 0.6 is 0 Å². The van der Waals surface area contributed by atoms with Crippen molar-refractivity contribution in [3.05, 3.63) is 62.8 Å². The minimum Gasteiger partial charge on any atom is -0.496 e. The van der Waals surface area contributed by atoms with Gasteiger partial charge < -0.3 is 15.4 Å². The Bertz CT molecular complexity index is 1640. The van der Waals surface area contributed by atoms with Crippen molar-refractivity contribution in [3.63, 3.8) is 0 Å². The number of rotatable bonds is 5. The minimum absolute atomic E-state index is 0.0311. The van der Waals surface area contributed by atoms with E-state index in [0.717, 1.165) is 35.7 Å². The zero-order chi connectivity index (χ0) is 25.4. The first kappa shape index (κ1) is 23.7. The predicted molar refractivity (Wildman–Crippen MR) is 142 cm³/mol. The molecule has 3 heterocycles. The molecule has 36 heavy (non-hydrogen) atoms. The van der Waals surface area contributed by atoms with Crippen LogP contribution in [0.3, 0.4) is 0 Å². The summed E-state index contributed by atoms with van der Waals surface area (Å²) < 4.78 is 10.1. The molecule has 186 valence electrons. The van der Waals surface area contributed by atoms with E-state index in [1.54, 1.807) is 21.1 Å². The SMILES string of the molecule is CC#CCn1c(N2CCCC(N)C2)nc2c1c(=O)n(Cc1c(OC)ccc3ccccc13)c(=O)n2C. The van der Waals surface area contributed by atoms with Gasteiger partial charge in [-0.3, -0.25) is 18.5 Å². The molecule has 2 N–H and O–H groups in total. The van der Waals surface area contributed by atoms with Gasteiger partial charge in [-0.25, -0.2) is 4.79 Å². The molecule has 4 aromatic rings. The lowest BCUT2D eigenvalue weighted by molar-refractivity contribution is 0.408. The Morgan fingerprint density at radius 3 is 2.72 bits per heavy atom. The van der Waals surface area contributed by atoms with E-state index < -0.39 is 11.2 Å². The first-order chi connectivity index (χ1) is 17.4. The van der Waals surface area contributed by atoms with E-state index in [4.69, 9.17) is 15.5 Å². The molecule has 1 saturated heterocycles. The number of ether oxygens (including phenoxy) is 1. The van der Waals surface area contributed by atoms with Gasteiger partial charge in [0.1, 0.15) is 5.75 Å². The van der Waals surface area contributed by atoms with E-state index in [2.05, 4.69) is 16.7 Å². The molecule has 1 atom stereocenters. The summed E-state index contributed by atoms with van der Waals surface area (Å²) in [5, 5.41) is 1.94. The number of hydrogen-bond acceptors (Lipinski definition) is 6. The zero-order valence-corrected chi connectivity index (χ0v) is 20.8. The maximum atomic E-state index is 13.9. The van der Waals surface area contributed by atoms with Crippen molar-refractivity contribution in [2.24, 2.45) is 12.8 Å². The third-order valence-electron chi connectivity index (χ3n) is 6.90. The van der Waals surface area contributed by atoms with Crippen molar-refractivity contribution >= 4 is 27.9 Å². The van der Waals surface area contributed by atoms with Crippen LogP contribution in [0.4, 0.5) is 5.95 Å². The normalized spacial score (nSPS) is 15.8. The lowest BCUT2D eigenvalue weighted by atomic mass is 10.0. The van der Waals surface area contributed by atoms with Gasteiger partial charge >= 0.3 is 5.69 Å². The van der Waals surface area contributed by atoms with E-state index >= 15 is 0 Å². The van der Waals surface area contributed by atoms with Gasteiger partial charge in [-0.15, -0.1) is 5.92 Å². The van der Waals surface area contributed by atoms with Crippen LogP contribution in [0.5, 0.6) is 5.75 Å². The highest BCUT2D eigenvalue weighted by Gasteiger charge is 2.26. The maximum Gasteiger partial charge on any atom is 0.332 e. The van der Waals surface area contributed by atoms with Gasteiger partial charge in [-0.05, 0) is 36.6 Å². The van der Waals surface area contributed by atoms with E-state index in [1.807, 2.05) is 41.0 Å². The molecule has 9 heteroatoms. The summed E-state index contributed by atoms with van der Waals surface area (Å²) in [6.07, 6.45) is 1.89. The van der Waals surface area contributed by atoms with Crippen molar-refractivity contribution in [2.75, 3.05) is 25.1 Å². The summed E-state index contributed by atoms with van der Waals surface area (Å²) in [7, 11) is 3.24. The highest BCUT2D eigenvalue weighted by molar-refractivity contribution is 5.87. The van der Waals surface area contributed by atoms with Gasteiger partial charge in [0.15, 0.2) is 11.2 Å². The van der Waals surface area contributed by atoms with Crippen LogP contribution in [0, 0.1) is 11.8 Å². The summed E-state index contributed by atoms with van der Waals surface area (Å²) in [5.41, 5.74) is 6.87. The Hall–Kier alpha value is -4.03. The van der Waals surface area contributed by atoms with Crippen LogP contribution in [0.25, 0.3) is 21.9 Å². The van der Waals surface area contributed by atoms with Crippen molar-refractivity contribution in [1.29, 1.82) is 0 Å². The smallest absolute Gasteiger partial charge is 0.332 e. The topological polar surface area (TPSA) is 100 Å². The van der Waals surface area contributed by atoms with Crippen LogP contribution in [-0.4, -0.2) is 44.9 Å². The number of piperidine rings is 1. The quantitative estimate of drug-likeness (QED) is 0.434. The van der Waals surface area contributed by atoms with Gasteiger partial charge in [0, 0.05) is 31.7 Å². The van der Waals surface area contributed by atoms with Crippen molar-refractivity contribution in [1.82, 2.24) is 18.7 Å². The van der Waals surface area contributed by atoms with Crippen molar-refractivity contribution in [3.8, 4) is 17.6 Å². The Labute approximate surface area is 208 Å². The molecule has 1 unspecified atom stereocenters. The number of benzene rings is 2. The number of methoxy groups -OCH3 is 1. The molecule has 1 fully saturated rings. The molecule has 0 amide bonds. The summed E-state index contributed by atoms with van der Waals surface area (Å²) >= 11 is 0. The van der Waals surface area contributed by atoms with Gasteiger partial charge in [0.2, 0.25) is 5.95 Å². The number of aryl methyl sites for hydroxylation is 1. The van der Waals surface area contributed by atoms with Gasteiger partial charge in [-0.1, -0.05) is 36.3 Å². The molecule has 2 aromatic carbocycles. The number of anilines is 1. The fourth-order valence-corrected chi connectivity index (χ4v) is 5.07. The monoisotopic (exact) mass is 486 g/mol. The van der Waals surface area contributed by atoms with Crippen LogP contribution in [0.1, 0.15) is 25.3 Å². The van der Waals surface area contributed by atoms with Crippen LogP contribution in [0.2, 0.25) is 0 Å². The predicted octanol–water partition coefficient (Wildman–Crippen LogP) is 2.06. The van der Waals surface area contributed by atoms with E-state index in [1.165, 1.54) is 9.13 Å². The summed E-state index contributed by atoms with van der Waals surface area (Å²) in [5.74, 6) is 7.22. The summed E-state index contributed by atoms with van der Waals surface area (Å²) in [4.78, 5) is 34.3. The molecular weight excluding hydrogens is 456 g/mol. The van der Waals surface area contributed by atoms with Gasteiger partial charge in [0.25, 0.3) is 5.56 Å². The second-order valence-electron chi connectivity index (χ2n) is 9.15. The van der Waals surface area contributed by atoms with Crippen LogP contribution < -0.4 is 26.6 Å². The molecule has 5 rings (SSSR count). The van der Waals surface area contributed by atoms with E-state index in [0.29, 0.717) is 36.0 Å². The number of imidazole rings is 1. The molecule has 0 radical (unpaired) electrons. The Morgan fingerprint density at radius 2 is 1.97 bits per heavy atom. The fourth-order valence-electron chi connectivity index (χ4n) is 5.07. The molecular formula is C27H30N6O3. The standard InChI is InChI=1S/C27H30N6O3/c1-4-5-15-32-23-24(29-26(32)31-14-8-10-19(28)16-31)30(2)27(35)33(25(23)34)17-21-20-11-7-6-9-18(20)12-13-22(21)36-3/h6-7,9,11-13,19H,8,10,14-17,28H2,1-3H3. The third-order valence-corrected chi connectivity index (χ3v) is 6.90. The summed E-state index contributed by atoms with van der Waals surface area (Å²) in [6.45, 7) is 3.54. The number of hydrogen-bond donors (Lipinski definition) is 1. The molecule has 0 spiro atoms. The average molecular weight is 487 g/mol. The number of nitrogens with two attached hydrogens (primary N) is 1. The number of nitrogens with zero attached hydrogens (tertiary/aromatic N) is 5. The van der Waals surface area contributed by atoms with Crippen molar-refractivity contribution in [2.45, 2.75) is 38.9 Å². The Balaban J connectivity index is 1.74. The lowest BCUT2D eigenvalue weighted by Crippen LogP contribution is -2.44. The second-order valence-corrected chi connectivity index (χ2v) is 9.15. The highest BCUT2D eigenvalue weighted by atomic mass is 16.5. The molecule has 0 bridgehead atoms. The number of aromatic nitrogens is 4. The first-order valence-electron chi connectivity index (χ1n) is 12.1. The average Bonchev–Trinajstić information content (AvgIpc) is 3.28. The van der Waals surface area contributed by atoms with E-state index in [-0.39, 0.29) is 12.6 Å². The molecule has 1 aliphatic heterocycles. The van der Waals surface area contributed by atoms with Crippen LogP contribution in [0.15, 0.2) is 46.0 Å². The zero-order valence-electron chi connectivity index (χ0n) is 20.8. The van der Waals surface area contributed by atoms with Gasteiger partial charge in [-0.2, -0.15) is 4.98 Å². The van der Waals surface area contributed by atoms with Crippen molar-refractivity contribution < 1.29 is 4.74 Å².